The molecule has 0 atom stereocenters. The zero-order valence-corrected chi connectivity index (χ0v) is 29.6. The number of para-hydroxylation sites is 2. The second kappa shape index (κ2) is 13.4. The van der Waals surface area contributed by atoms with E-state index in [9.17, 15) is 0 Å². The van der Waals surface area contributed by atoms with E-state index >= 15 is 0 Å². The molecule has 0 saturated carbocycles. The van der Waals surface area contributed by atoms with E-state index in [1.54, 1.807) is 0 Å². The molecule has 254 valence electrons. The molecule has 0 aliphatic rings. The summed E-state index contributed by atoms with van der Waals surface area (Å²) in [6.07, 6.45) is 0. The Labute approximate surface area is 314 Å². The SMILES string of the molecule is c1ccc(-c2ccc(-c3ccc(N(c4ccc(-c5cccc6ccccc56)cc4)c4ccccc4-c4ccc5oc6ccccc6c5c4)cc3)cc2)cc1. The Balaban J connectivity index is 1.08. The average Bonchev–Trinajstić information content (AvgIpc) is 3.63. The van der Waals surface area contributed by atoms with Crippen LogP contribution in [0.4, 0.5) is 17.1 Å². The fraction of sp³-hybridized carbons (Fsp3) is 0. The Hall–Kier alpha value is -7.16. The van der Waals surface area contributed by atoms with Crippen molar-refractivity contribution < 1.29 is 4.42 Å². The number of hydrogen-bond donors (Lipinski definition) is 0. The lowest BCUT2D eigenvalue weighted by Crippen LogP contribution is -2.11. The van der Waals surface area contributed by atoms with Crippen molar-refractivity contribution in [2.45, 2.75) is 0 Å². The highest BCUT2D eigenvalue weighted by atomic mass is 16.3. The number of anilines is 3. The van der Waals surface area contributed by atoms with E-state index in [4.69, 9.17) is 4.42 Å². The van der Waals surface area contributed by atoms with Crippen molar-refractivity contribution in [2.24, 2.45) is 0 Å². The maximum atomic E-state index is 6.20. The molecule has 0 spiro atoms. The van der Waals surface area contributed by atoms with E-state index < -0.39 is 0 Å². The molecular formula is C52H35NO. The maximum Gasteiger partial charge on any atom is 0.135 e. The summed E-state index contributed by atoms with van der Waals surface area (Å²) < 4.78 is 6.20. The number of benzene rings is 9. The van der Waals surface area contributed by atoms with Gasteiger partial charge in [-0.15, -0.1) is 0 Å². The van der Waals surface area contributed by atoms with Gasteiger partial charge in [0.25, 0.3) is 0 Å². The largest absolute Gasteiger partial charge is 0.456 e. The van der Waals surface area contributed by atoms with Crippen molar-refractivity contribution in [3.63, 3.8) is 0 Å². The molecule has 1 heterocycles. The van der Waals surface area contributed by atoms with Crippen LogP contribution >= 0.6 is 0 Å². The highest BCUT2D eigenvalue weighted by molar-refractivity contribution is 6.07. The zero-order chi connectivity index (χ0) is 35.8. The Bertz CT molecular complexity index is 2900. The van der Waals surface area contributed by atoms with Gasteiger partial charge in [-0.05, 0) is 98.2 Å². The Morgan fingerprint density at radius 1 is 0.296 bits per heavy atom. The van der Waals surface area contributed by atoms with Crippen LogP contribution < -0.4 is 4.90 Å². The van der Waals surface area contributed by atoms with Gasteiger partial charge in [-0.2, -0.15) is 0 Å². The van der Waals surface area contributed by atoms with Gasteiger partial charge in [0.05, 0.1) is 5.69 Å². The molecular weight excluding hydrogens is 655 g/mol. The monoisotopic (exact) mass is 689 g/mol. The quantitative estimate of drug-likeness (QED) is 0.166. The van der Waals surface area contributed by atoms with Gasteiger partial charge in [-0.1, -0.05) is 164 Å². The minimum atomic E-state index is 0.894. The third kappa shape index (κ3) is 5.71. The highest BCUT2D eigenvalue weighted by Gasteiger charge is 2.19. The molecule has 0 bridgehead atoms. The number of rotatable bonds is 7. The van der Waals surface area contributed by atoms with Crippen LogP contribution in [0.3, 0.4) is 0 Å². The first-order valence-corrected chi connectivity index (χ1v) is 18.4. The van der Waals surface area contributed by atoms with Gasteiger partial charge in [0, 0.05) is 27.7 Å². The van der Waals surface area contributed by atoms with Gasteiger partial charge in [-0.3, -0.25) is 0 Å². The summed E-state index contributed by atoms with van der Waals surface area (Å²) in [5.74, 6) is 0. The Morgan fingerprint density at radius 3 is 1.54 bits per heavy atom. The standard InChI is InChI=1S/C52H35NO/c1-2-11-36(12-3-1)37-21-23-38(24-22-37)39-25-30-43(31-26-39)53(44-32-27-41(28-33-44)46-18-10-14-40-13-4-5-15-45(40)46)50-19-8-6-16-47(50)42-29-34-52-49(35-42)48-17-7-9-20-51(48)54-52/h1-35H. The molecule has 0 amide bonds. The van der Waals surface area contributed by atoms with Crippen LogP contribution in [0.1, 0.15) is 0 Å². The van der Waals surface area contributed by atoms with E-state index in [0.717, 1.165) is 50.1 Å². The van der Waals surface area contributed by atoms with E-state index in [0.29, 0.717) is 0 Å². The molecule has 54 heavy (non-hydrogen) atoms. The van der Waals surface area contributed by atoms with E-state index in [1.165, 1.54) is 44.2 Å². The molecule has 10 rings (SSSR count). The first-order valence-electron chi connectivity index (χ1n) is 18.4. The van der Waals surface area contributed by atoms with Crippen LogP contribution in [0.5, 0.6) is 0 Å². The van der Waals surface area contributed by atoms with Crippen LogP contribution in [0.15, 0.2) is 217 Å². The van der Waals surface area contributed by atoms with E-state index in [2.05, 4.69) is 205 Å². The number of nitrogens with zero attached hydrogens (tertiary/aromatic N) is 1. The zero-order valence-electron chi connectivity index (χ0n) is 29.6. The molecule has 0 aliphatic carbocycles. The van der Waals surface area contributed by atoms with Crippen LogP contribution in [-0.2, 0) is 0 Å². The number of hydrogen-bond acceptors (Lipinski definition) is 2. The van der Waals surface area contributed by atoms with E-state index in [-0.39, 0.29) is 0 Å². The van der Waals surface area contributed by atoms with Crippen molar-refractivity contribution in [1.82, 2.24) is 0 Å². The molecule has 2 nitrogen and oxygen atoms in total. The Morgan fingerprint density at radius 2 is 0.796 bits per heavy atom. The normalized spacial score (nSPS) is 11.3. The smallest absolute Gasteiger partial charge is 0.135 e. The molecule has 0 saturated heterocycles. The third-order valence-corrected chi connectivity index (χ3v) is 10.5. The minimum absolute atomic E-state index is 0.894. The van der Waals surface area contributed by atoms with E-state index in [1.807, 2.05) is 12.1 Å². The highest BCUT2D eigenvalue weighted by Crippen LogP contribution is 2.43. The van der Waals surface area contributed by atoms with Crippen molar-refractivity contribution in [2.75, 3.05) is 4.90 Å². The van der Waals surface area contributed by atoms with Gasteiger partial charge < -0.3 is 9.32 Å². The van der Waals surface area contributed by atoms with Gasteiger partial charge >= 0.3 is 0 Å². The molecule has 2 heteroatoms. The molecule has 0 unspecified atom stereocenters. The lowest BCUT2D eigenvalue weighted by atomic mass is 9.97. The minimum Gasteiger partial charge on any atom is -0.456 e. The van der Waals surface area contributed by atoms with Crippen LogP contribution in [0.2, 0.25) is 0 Å². The molecule has 9 aromatic carbocycles. The van der Waals surface area contributed by atoms with Gasteiger partial charge in [0.1, 0.15) is 11.2 Å². The second-order valence-corrected chi connectivity index (χ2v) is 13.7. The lowest BCUT2D eigenvalue weighted by molar-refractivity contribution is 0.669. The summed E-state index contributed by atoms with van der Waals surface area (Å²) in [7, 11) is 0. The predicted molar refractivity (Wildman–Crippen MR) is 228 cm³/mol. The summed E-state index contributed by atoms with van der Waals surface area (Å²) in [4.78, 5) is 2.38. The fourth-order valence-corrected chi connectivity index (χ4v) is 7.79. The third-order valence-electron chi connectivity index (χ3n) is 10.5. The summed E-state index contributed by atoms with van der Waals surface area (Å²) in [6.45, 7) is 0. The fourth-order valence-electron chi connectivity index (χ4n) is 7.79. The number of fused-ring (bicyclic) bond motifs is 4. The van der Waals surface area contributed by atoms with Crippen LogP contribution in [0.25, 0.3) is 77.2 Å². The topological polar surface area (TPSA) is 16.4 Å². The van der Waals surface area contributed by atoms with Gasteiger partial charge in [-0.25, -0.2) is 0 Å². The summed E-state index contributed by atoms with van der Waals surface area (Å²) in [6, 6.07) is 76.0. The molecule has 0 fully saturated rings. The first-order chi connectivity index (χ1) is 26.8. The van der Waals surface area contributed by atoms with Crippen LogP contribution in [-0.4, -0.2) is 0 Å². The van der Waals surface area contributed by atoms with Crippen molar-refractivity contribution in [3.8, 4) is 44.5 Å². The van der Waals surface area contributed by atoms with Crippen molar-refractivity contribution in [3.05, 3.63) is 212 Å². The Kier molecular flexibility index (Phi) is 7.85. The molecule has 10 aromatic rings. The first kappa shape index (κ1) is 31.6. The van der Waals surface area contributed by atoms with Gasteiger partial charge in [0.15, 0.2) is 0 Å². The lowest BCUT2D eigenvalue weighted by Gasteiger charge is -2.28. The van der Waals surface area contributed by atoms with Crippen molar-refractivity contribution in [1.29, 1.82) is 0 Å². The maximum absolute atomic E-state index is 6.20. The molecule has 0 aliphatic heterocycles. The van der Waals surface area contributed by atoms with Gasteiger partial charge in [0.2, 0.25) is 0 Å². The van der Waals surface area contributed by atoms with Crippen molar-refractivity contribution >= 4 is 49.8 Å². The van der Waals surface area contributed by atoms with Crippen LogP contribution in [0, 0.1) is 0 Å². The number of furan rings is 1. The molecule has 1 aromatic heterocycles. The summed E-state index contributed by atoms with van der Waals surface area (Å²) >= 11 is 0. The summed E-state index contributed by atoms with van der Waals surface area (Å²) in [5, 5.41) is 4.74. The summed E-state index contributed by atoms with van der Waals surface area (Å²) in [5.41, 5.74) is 14.6. The predicted octanol–water partition coefficient (Wildman–Crippen LogP) is 14.9. The second-order valence-electron chi connectivity index (χ2n) is 13.7. The molecule has 0 N–H and O–H groups in total. The average molecular weight is 690 g/mol. The molecule has 0 radical (unpaired) electrons.